The van der Waals surface area contributed by atoms with Crippen LogP contribution in [0.4, 0.5) is 9.59 Å². The molecule has 2 saturated heterocycles. The molecule has 3 saturated carbocycles. The van der Waals surface area contributed by atoms with Gasteiger partial charge < -0.3 is 39.9 Å². The van der Waals surface area contributed by atoms with E-state index in [2.05, 4.69) is 87.3 Å². The lowest BCUT2D eigenvalue weighted by Crippen LogP contribution is -2.54. The van der Waals surface area contributed by atoms with Crippen LogP contribution in [0.2, 0.25) is 0 Å². The smallest absolute Gasteiger partial charge is 0.407 e. The number of methoxy groups -OCH3 is 2. The fourth-order valence-corrected chi connectivity index (χ4v) is 11.5. The number of alkyl carbamates (subject to hydrolysis) is 2. The highest BCUT2D eigenvalue weighted by molar-refractivity contribution is 6.05. The summed E-state index contributed by atoms with van der Waals surface area (Å²) in [7, 11) is 2.63. The first-order valence-corrected chi connectivity index (χ1v) is 23.6. The minimum Gasteiger partial charge on any atom is -0.453 e. The van der Waals surface area contributed by atoms with Crippen molar-refractivity contribution in [3.8, 4) is 22.4 Å². The molecule has 2 aromatic heterocycles. The van der Waals surface area contributed by atoms with E-state index in [0.29, 0.717) is 17.8 Å². The number of nitrogens with one attached hydrogen (secondary N) is 4. The number of hydrogen-bond donors (Lipinski definition) is 4. The number of carbonyl (C=O) groups is 4. The topological polar surface area (TPSA) is 175 Å². The van der Waals surface area contributed by atoms with Crippen molar-refractivity contribution in [2.24, 2.45) is 17.8 Å². The fraction of sp³-hybridized carbons (Fsp3) is 0.423. The molecule has 5 aliphatic rings. The number of imidazole rings is 2. The first-order chi connectivity index (χ1) is 32.1. The van der Waals surface area contributed by atoms with Crippen LogP contribution in [0, 0.1) is 17.8 Å². The maximum atomic E-state index is 14.6. The summed E-state index contributed by atoms with van der Waals surface area (Å²) in [5.41, 5.74) is 7.80. The van der Waals surface area contributed by atoms with Gasteiger partial charge in [0.05, 0.1) is 49.2 Å². The molecule has 4 amide bonds. The van der Waals surface area contributed by atoms with Crippen LogP contribution >= 0.6 is 0 Å². The van der Waals surface area contributed by atoms with Crippen LogP contribution in [0.1, 0.15) is 112 Å². The molecular weight excluding hydrogens is 833 g/mol. The summed E-state index contributed by atoms with van der Waals surface area (Å²) >= 11 is 0. The van der Waals surface area contributed by atoms with Gasteiger partial charge in [0.15, 0.2) is 0 Å². The van der Waals surface area contributed by atoms with Crippen molar-refractivity contribution in [2.75, 3.05) is 14.2 Å². The number of aromatic amines is 2. The van der Waals surface area contributed by atoms with Gasteiger partial charge in [0.2, 0.25) is 5.91 Å². The summed E-state index contributed by atoms with van der Waals surface area (Å²) in [4.78, 5) is 74.4. The number of piperidine rings is 2. The Labute approximate surface area is 383 Å². The van der Waals surface area contributed by atoms with Gasteiger partial charge in [-0.1, -0.05) is 87.0 Å². The molecule has 4 heterocycles. The van der Waals surface area contributed by atoms with E-state index in [-0.39, 0.29) is 41.9 Å². The average Bonchev–Trinajstić information content (AvgIpc) is 3.94. The molecule has 11 rings (SSSR count). The highest BCUT2D eigenvalue weighted by Crippen LogP contribution is 2.54. The number of aromatic nitrogens is 4. The van der Waals surface area contributed by atoms with Crippen LogP contribution in [0.3, 0.4) is 0 Å². The number of nitrogens with zero attached hydrogens (tertiary/aromatic N) is 4. The molecule has 8 atom stereocenters. The minimum absolute atomic E-state index is 0.0945. The Morgan fingerprint density at radius 1 is 0.727 bits per heavy atom. The Kier molecular flexibility index (Phi) is 10.6. The molecule has 340 valence electrons. The third kappa shape index (κ3) is 7.34. The van der Waals surface area contributed by atoms with Crippen molar-refractivity contribution < 1.29 is 28.7 Å². The molecule has 14 heteroatoms. The van der Waals surface area contributed by atoms with Crippen molar-refractivity contribution in [3.63, 3.8) is 0 Å². The molecule has 3 aliphatic carbocycles. The van der Waals surface area contributed by atoms with E-state index in [4.69, 9.17) is 19.4 Å². The number of hydrogen-bond acceptors (Lipinski definition) is 8. The van der Waals surface area contributed by atoms with Crippen molar-refractivity contribution >= 4 is 45.8 Å². The second-order valence-electron chi connectivity index (χ2n) is 19.5. The Morgan fingerprint density at radius 2 is 1.47 bits per heavy atom. The summed E-state index contributed by atoms with van der Waals surface area (Å²) in [6.07, 6.45) is 8.89. The zero-order chi connectivity index (χ0) is 45.4. The number of carbonyl (C=O) groups excluding carboxylic acids is 4. The first kappa shape index (κ1) is 42.0. The van der Waals surface area contributed by atoms with Crippen LogP contribution < -0.4 is 10.6 Å². The van der Waals surface area contributed by atoms with E-state index >= 15 is 0 Å². The van der Waals surface area contributed by atoms with E-state index < -0.39 is 24.3 Å². The molecule has 66 heavy (non-hydrogen) atoms. The van der Waals surface area contributed by atoms with Gasteiger partial charge in [-0.05, 0) is 114 Å². The van der Waals surface area contributed by atoms with Crippen molar-refractivity contribution in [3.05, 3.63) is 108 Å². The minimum atomic E-state index is -0.874. The zero-order valence-electron chi connectivity index (χ0n) is 37.8. The van der Waals surface area contributed by atoms with Crippen molar-refractivity contribution in [2.45, 2.75) is 107 Å². The number of benzene rings is 4. The second kappa shape index (κ2) is 16.6. The number of fused-ring (bicyclic) bond motifs is 6. The number of amides is 4. The lowest BCUT2D eigenvalue weighted by molar-refractivity contribution is -0.139. The van der Waals surface area contributed by atoms with E-state index in [1.54, 1.807) is 0 Å². The monoisotopic (exact) mass is 888 g/mol. The molecule has 0 spiro atoms. The van der Waals surface area contributed by atoms with E-state index in [0.717, 1.165) is 93.5 Å². The summed E-state index contributed by atoms with van der Waals surface area (Å²) in [5.74, 6) is 2.45. The number of likely N-dealkylation sites (tertiary alicyclic amines) is 2. The predicted molar refractivity (Wildman–Crippen MR) is 249 cm³/mol. The van der Waals surface area contributed by atoms with Gasteiger partial charge >= 0.3 is 12.2 Å². The predicted octanol–water partition coefficient (Wildman–Crippen LogP) is 9.23. The Morgan fingerprint density at radius 3 is 2.20 bits per heavy atom. The fourth-order valence-electron chi connectivity index (χ4n) is 11.5. The molecule has 6 aromatic rings. The standard InChI is InChI=1S/C52H56N8O6/c1-27(2)43(57-51(63)65-3)49(61)59-37-19-16-35(23-37)46(59)48-53-26-40(55-48)31-12-8-30(9-13-31)33-17-20-38-34(22-33)18-21-39-45(38)56-47(54-39)42-25-36-24-41(36)60(42)50(62)44(58-52(64)66-4)32-14-10-29(11-15-32)28-6-5-7-28/h8-15,17-18,20-22,26-28,35-37,41-44,46H,5-7,16,19,23-25H2,1-4H3,(H,53,55)(H,54,56)(H,57,63)(H,58,64)/t35-,36+,37+,41+,42-,43-,44+,46-/m0/s1. The molecule has 2 bridgehead atoms. The van der Waals surface area contributed by atoms with Crippen LogP contribution in [-0.2, 0) is 19.1 Å². The summed E-state index contributed by atoms with van der Waals surface area (Å²) in [5, 5.41) is 7.69. The molecule has 4 aromatic carbocycles. The number of ether oxygens (including phenoxy) is 2. The van der Waals surface area contributed by atoms with Gasteiger partial charge in [0.1, 0.15) is 23.7 Å². The largest absolute Gasteiger partial charge is 0.453 e. The van der Waals surface area contributed by atoms with E-state index in [1.807, 2.05) is 42.0 Å². The molecule has 2 aliphatic heterocycles. The van der Waals surface area contributed by atoms with Gasteiger partial charge in [-0.25, -0.2) is 19.6 Å². The summed E-state index contributed by atoms with van der Waals surface area (Å²) in [6.45, 7) is 3.86. The molecule has 0 unspecified atom stereocenters. The first-order valence-electron chi connectivity index (χ1n) is 23.6. The molecular formula is C52H56N8O6. The van der Waals surface area contributed by atoms with E-state index in [1.165, 1.54) is 39.0 Å². The van der Waals surface area contributed by atoms with Crippen LogP contribution in [0.15, 0.2) is 85.1 Å². The highest BCUT2D eigenvalue weighted by atomic mass is 16.5. The van der Waals surface area contributed by atoms with Crippen LogP contribution in [-0.4, -0.2) is 86.1 Å². The second-order valence-corrected chi connectivity index (χ2v) is 19.5. The molecule has 0 radical (unpaired) electrons. The van der Waals surface area contributed by atoms with Crippen LogP contribution in [0.5, 0.6) is 0 Å². The molecule has 5 fully saturated rings. The third-order valence-corrected chi connectivity index (χ3v) is 15.3. The lowest BCUT2D eigenvalue weighted by atomic mass is 9.80. The number of rotatable bonds is 11. The quantitative estimate of drug-likeness (QED) is 0.0996. The van der Waals surface area contributed by atoms with E-state index in [9.17, 15) is 19.2 Å². The Hall–Kier alpha value is -6.70. The molecule has 4 N–H and O–H groups in total. The summed E-state index contributed by atoms with van der Waals surface area (Å²) < 4.78 is 9.82. The average molecular weight is 889 g/mol. The highest BCUT2D eigenvalue weighted by Gasteiger charge is 2.56. The third-order valence-electron chi connectivity index (χ3n) is 15.3. The zero-order valence-corrected chi connectivity index (χ0v) is 37.8. The maximum Gasteiger partial charge on any atom is 0.407 e. The van der Waals surface area contributed by atoms with Gasteiger partial charge in [-0.2, -0.15) is 0 Å². The molecule has 14 nitrogen and oxygen atoms in total. The van der Waals surface area contributed by atoms with Gasteiger partial charge in [-0.15, -0.1) is 0 Å². The van der Waals surface area contributed by atoms with Gasteiger partial charge in [0.25, 0.3) is 5.91 Å². The van der Waals surface area contributed by atoms with Crippen molar-refractivity contribution in [1.82, 2.24) is 40.4 Å². The number of H-pyrrole nitrogens is 2. The van der Waals surface area contributed by atoms with Crippen molar-refractivity contribution in [1.29, 1.82) is 0 Å². The van der Waals surface area contributed by atoms with Gasteiger partial charge in [0, 0.05) is 17.5 Å². The van der Waals surface area contributed by atoms with Crippen LogP contribution in [0.25, 0.3) is 44.2 Å². The Bertz CT molecular complexity index is 2850. The Balaban J connectivity index is 0.816. The van der Waals surface area contributed by atoms with Gasteiger partial charge in [-0.3, -0.25) is 9.59 Å². The lowest BCUT2D eigenvalue weighted by Gasteiger charge is -2.37. The maximum absolute atomic E-state index is 14.6. The normalized spacial score (nSPS) is 24.0. The SMILES string of the molecule is COC(=O)N[C@H](C(=O)N1[C@@H]2CC[C@@H](C2)[C@H]1c1ncc(-c2ccc(-c3ccc4c(ccc5[nH]c([C@@H]6C[C@H]7C[C@H]7N6C(=O)[C@H](NC(=O)OC)c6ccc(C7CCC7)cc6)nc54)c3)cc2)[nH]1)C(C)C. The summed E-state index contributed by atoms with van der Waals surface area (Å²) in [6, 6.07) is 25.4.